The van der Waals surface area contributed by atoms with Crippen molar-refractivity contribution in [2.24, 2.45) is 0 Å². The fourth-order valence-electron chi connectivity index (χ4n) is 1.97. The van der Waals surface area contributed by atoms with Crippen LogP contribution in [0.1, 0.15) is 26.2 Å². The number of rotatable bonds is 3. The summed E-state index contributed by atoms with van der Waals surface area (Å²) in [5.74, 6) is 0.839. The molecule has 0 atom stereocenters. The van der Waals surface area contributed by atoms with E-state index in [4.69, 9.17) is 4.74 Å². The van der Waals surface area contributed by atoms with Crippen molar-refractivity contribution >= 4 is 5.91 Å². The molecular weight excluding hydrogens is 218 g/mol. The maximum atomic E-state index is 11.5. The first-order valence-electron chi connectivity index (χ1n) is 6.00. The molecule has 0 spiro atoms. The molecule has 5 nitrogen and oxygen atoms in total. The third-order valence-electron chi connectivity index (χ3n) is 2.94. The molecule has 1 aliphatic rings. The van der Waals surface area contributed by atoms with Crippen LogP contribution in [0.15, 0.2) is 18.6 Å². The first kappa shape index (κ1) is 11.8. The average molecular weight is 235 g/mol. The van der Waals surface area contributed by atoms with Crippen molar-refractivity contribution < 1.29 is 9.53 Å². The number of hydrogen-bond acceptors (Lipinski definition) is 4. The number of aromatic nitrogens is 2. The second-order valence-corrected chi connectivity index (χ2v) is 4.10. The Morgan fingerprint density at radius 3 is 2.88 bits per heavy atom. The van der Waals surface area contributed by atoms with Crippen LogP contribution in [0.5, 0.6) is 5.88 Å². The van der Waals surface area contributed by atoms with Gasteiger partial charge in [-0.1, -0.05) is 6.92 Å². The van der Waals surface area contributed by atoms with E-state index in [1.54, 1.807) is 12.3 Å². The van der Waals surface area contributed by atoms with E-state index in [0.29, 0.717) is 12.3 Å². The summed E-state index contributed by atoms with van der Waals surface area (Å²) >= 11 is 0. The predicted octanol–water partition coefficient (Wildman–Crippen LogP) is 1.26. The molecule has 0 unspecified atom stereocenters. The van der Waals surface area contributed by atoms with Crippen molar-refractivity contribution in [3.8, 4) is 5.88 Å². The highest BCUT2D eigenvalue weighted by Gasteiger charge is 2.23. The van der Waals surface area contributed by atoms with Crippen LogP contribution < -0.4 is 4.74 Å². The lowest BCUT2D eigenvalue weighted by atomic mass is 10.1. The van der Waals surface area contributed by atoms with Gasteiger partial charge in [0.05, 0.1) is 0 Å². The molecule has 2 heterocycles. The molecule has 0 aromatic carbocycles. The van der Waals surface area contributed by atoms with Gasteiger partial charge in [0.15, 0.2) is 0 Å². The Kier molecular flexibility index (Phi) is 3.90. The SMILES string of the molecule is CCC(=O)N1CCC(Oc2ccncn2)CC1. The number of hydrogen-bond donors (Lipinski definition) is 0. The molecule has 0 saturated carbocycles. The molecule has 0 aliphatic carbocycles. The fraction of sp³-hybridized carbons (Fsp3) is 0.583. The number of carbonyl (C=O) groups excluding carboxylic acids is 1. The van der Waals surface area contributed by atoms with Gasteiger partial charge in [-0.15, -0.1) is 0 Å². The highest BCUT2D eigenvalue weighted by Crippen LogP contribution is 2.16. The van der Waals surface area contributed by atoms with Gasteiger partial charge in [0.1, 0.15) is 12.4 Å². The van der Waals surface area contributed by atoms with E-state index in [1.807, 2.05) is 11.8 Å². The first-order chi connectivity index (χ1) is 8.29. The quantitative estimate of drug-likeness (QED) is 0.791. The third-order valence-corrected chi connectivity index (χ3v) is 2.94. The van der Waals surface area contributed by atoms with Crippen molar-refractivity contribution in [3.05, 3.63) is 18.6 Å². The van der Waals surface area contributed by atoms with Crippen molar-refractivity contribution in [1.29, 1.82) is 0 Å². The van der Waals surface area contributed by atoms with Crippen LogP contribution in [0.25, 0.3) is 0 Å². The number of amides is 1. The minimum atomic E-state index is 0.158. The van der Waals surface area contributed by atoms with E-state index in [9.17, 15) is 4.79 Å². The summed E-state index contributed by atoms with van der Waals surface area (Å²) in [6, 6.07) is 1.75. The summed E-state index contributed by atoms with van der Waals surface area (Å²) in [6.45, 7) is 3.46. The maximum absolute atomic E-state index is 11.5. The fourth-order valence-corrected chi connectivity index (χ4v) is 1.97. The van der Waals surface area contributed by atoms with Gasteiger partial charge < -0.3 is 9.64 Å². The van der Waals surface area contributed by atoms with Gasteiger partial charge in [-0.3, -0.25) is 4.79 Å². The molecule has 1 aromatic heterocycles. The van der Waals surface area contributed by atoms with E-state index in [-0.39, 0.29) is 12.0 Å². The summed E-state index contributed by atoms with van der Waals surface area (Å²) in [5.41, 5.74) is 0. The molecule has 1 aliphatic heterocycles. The molecule has 92 valence electrons. The van der Waals surface area contributed by atoms with Gasteiger partial charge in [-0.05, 0) is 0 Å². The molecule has 17 heavy (non-hydrogen) atoms. The minimum absolute atomic E-state index is 0.158. The monoisotopic (exact) mass is 235 g/mol. The minimum Gasteiger partial charge on any atom is -0.474 e. The summed E-state index contributed by atoms with van der Waals surface area (Å²) in [4.78, 5) is 21.3. The molecule has 1 fully saturated rings. The summed E-state index contributed by atoms with van der Waals surface area (Å²) in [5, 5.41) is 0. The van der Waals surface area contributed by atoms with E-state index in [0.717, 1.165) is 25.9 Å². The zero-order valence-electron chi connectivity index (χ0n) is 10.0. The number of piperidine rings is 1. The van der Waals surface area contributed by atoms with E-state index in [1.165, 1.54) is 6.33 Å². The second-order valence-electron chi connectivity index (χ2n) is 4.10. The van der Waals surface area contributed by atoms with Gasteiger partial charge in [-0.2, -0.15) is 0 Å². The Bertz CT molecular complexity index is 361. The lowest BCUT2D eigenvalue weighted by Gasteiger charge is -2.31. The van der Waals surface area contributed by atoms with Crippen molar-refractivity contribution in [1.82, 2.24) is 14.9 Å². The lowest BCUT2D eigenvalue weighted by Crippen LogP contribution is -2.41. The molecule has 1 amide bonds. The van der Waals surface area contributed by atoms with Crippen LogP contribution in [0.4, 0.5) is 0 Å². The number of nitrogens with zero attached hydrogens (tertiary/aromatic N) is 3. The number of ether oxygens (including phenoxy) is 1. The average Bonchev–Trinajstić information content (AvgIpc) is 2.40. The van der Waals surface area contributed by atoms with Crippen LogP contribution >= 0.6 is 0 Å². The standard InChI is InChI=1S/C12H17N3O2/c1-2-12(16)15-7-4-10(5-8-15)17-11-3-6-13-9-14-11/h3,6,9-10H,2,4-5,7-8H2,1H3. The Labute approximate surface area is 101 Å². The van der Waals surface area contributed by atoms with Gasteiger partial charge in [0.2, 0.25) is 11.8 Å². The Hall–Kier alpha value is -1.65. The maximum Gasteiger partial charge on any atom is 0.222 e. The molecule has 1 aromatic rings. The largest absolute Gasteiger partial charge is 0.474 e. The highest BCUT2D eigenvalue weighted by atomic mass is 16.5. The Morgan fingerprint density at radius 1 is 1.53 bits per heavy atom. The summed E-state index contributed by atoms with van der Waals surface area (Å²) < 4.78 is 5.73. The number of carbonyl (C=O) groups is 1. The zero-order chi connectivity index (χ0) is 12.1. The molecule has 1 saturated heterocycles. The van der Waals surface area contributed by atoms with Gasteiger partial charge in [0.25, 0.3) is 0 Å². The van der Waals surface area contributed by atoms with E-state index >= 15 is 0 Å². The van der Waals surface area contributed by atoms with E-state index in [2.05, 4.69) is 9.97 Å². The Morgan fingerprint density at radius 2 is 2.29 bits per heavy atom. The van der Waals surface area contributed by atoms with Crippen LogP contribution in [0.3, 0.4) is 0 Å². The van der Waals surface area contributed by atoms with E-state index < -0.39 is 0 Å². The molecule has 2 rings (SSSR count). The predicted molar refractivity (Wildman–Crippen MR) is 62.6 cm³/mol. The van der Waals surface area contributed by atoms with Crippen molar-refractivity contribution in [2.45, 2.75) is 32.3 Å². The summed E-state index contributed by atoms with van der Waals surface area (Å²) in [6.07, 6.45) is 5.62. The third kappa shape index (κ3) is 3.15. The molecule has 5 heteroatoms. The normalized spacial score (nSPS) is 16.9. The zero-order valence-corrected chi connectivity index (χ0v) is 10.0. The smallest absolute Gasteiger partial charge is 0.222 e. The topological polar surface area (TPSA) is 55.3 Å². The second kappa shape index (κ2) is 5.61. The van der Waals surface area contributed by atoms with Crippen LogP contribution in [-0.4, -0.2) is 40.0 Å². The van der Waals surface area contributed by atoms with Crippen LogP contribution in [0.2, 0.25) is 0 Å². The molecule has 0 N–H and O–H groups in total. The van der Waals surface area contributed by atoms with Crippen molar-refractivity contribution in [2.75, 3.05) is 13.1 Å². The lowest BCUT2D eigenvalue weighted by molar-refractivity contribution is -0.132. The Balaban J connectivity index is 1.82. The summed E-state index contributed by atoms with van der Waals surface area (Å²) in [7, 11) is 0. The van der Waals surface area contributed by atoms with Crippen molar-refractivity contribution in [3.63, 3.8) is 0 Å². The van der Waals surface area contributed by atoms with Gasteiger partial charge >= 0.3 is 0 Å². The first-order valence-corrected chi connectivity index (χ1v) is 6.00. The van der Waals surface area contributed by atoms with Crippen LogP contribution in [-0.2, 0) is 4.79 Å². The highest BCUT2D eigenvalue weighted by molar-refractivity contribution is 5.75. The molecule has 0 bridgehead atoms. The van der Waals surface area contributed by atoms with Crippen LogP contribution in [0, 0.1) is 0 Å². The van der Waals surface area contributed by atoms with Gasteiger partial charge in [-0.25, -0.2) is 9.97 Å². The number of likely N-dealkylation sites (tertiary alicyclic amines) is 1. The molecular formula is C12H17N3O2. The van der Waals surface area contributed by atoms with Gasteiger partial charge in [0, 0.05) is 44.6 Å². The molecule has 0 radical (unpaired) electrons.